The number of nitrogens with zero attached hydrogens (tertiary/aromatic N) is 2. The summed E-state index contributed by atoms with van der Waals surface area (Å²) in [4.78, 5) is 26.5. The molecule has 142 valence electrons. The van der Waals surface area contributed by atoms with Crippen LogP contribution in [0.1, 0.15) is 30.7 Å². The first-order valence-electron chi connectivity index (χ1n) is 8.48. The van der Waals surface area contributed by atoms with E-state index in [1.807, 2.05) is 0 Å². The highest BCUT2D eigenvalue weighted by Gasteiger charge is 2.36. The summed E-state index contributed by atoms with van der Waals surface area (Å²) >= 11 is 0. The number of benzene rings is 1. The molecular weight excluding hydrogens is 361 g/mol. The fourth-order valence-electron chi connectivity index (χ4n) is 3.60. The molecule has 3 rings (SSSR count). The maximum atomic E-state index is 13.4. The summed E-state index contributed by atoms with van der Waals surface area (Å²) in [5.41, 5.74) is 0.956. The van der Waals surface area contributed by atoms with Crippen LogP contribution in [0.3, 0.4) is 0 Å². The fourth-order valence-corrected chi connectivity index (χ4v) is 4.35. The first-order valence-corrected chi connectivity index (χ1v) is 10.3. The van der Waals surface area contributed by atoms with Crippen LogP contribution in [0.4, 0.5) is 10.1 Å². The second-order valence-corrected chi connectivity index (χ2v) is 8.91. The predicted octanol–water partition coefficient (Wildman–Crippen LogP) is 1.13. The highest BCUT2D eigenvalue weighted by molar-refractivity contribution is 7.88. The van der Waals surface area contributed by atoms with Gasteiger partial charge in [-0.1, -0.05) is 6.07 Å². The molecule has 2 aliphatic rings. The predicted molar refractivity (Wildman–Crippen MR) is 94.6 cm³/mol. The van der Waals surface area contributed by atoms with Gasteiger partial charge in [-0.2, -0.15) is 0 Å². The van der Waals surface area contributed by atoms with Crippen molar-refractivity contribution in [2.24, 2.45) is 0 Å². The van der Waals surface area contributed by atoms with Crippen molar-refractivity contribution in [3.63, 3.8) is 0 Å². The number of hydrogen-bond acceptors (Lipinski definition) is 4. The number of halogens is 1. The lowest BCUT2D eigenvalue weighted by Crippen LogP contribution is -2.48. The van der Waals surface area contributed by atoms with Crippen LogP contribution < -0.4 is 5.32 Å². The van der Waals surface area contributed by atoms with Gasteiger partial charge in [0.1, 0.15) is 5.82 Å². The molecule has 1 unspecified atom stereocenters. The van der Waals surface area contributed by atoms with E-state index in [-0.39, 0.29) is 24.3 Å². The Morgan fingerprint density at radius 1 is 1.31 bits per heavy atom. The molecule has 2 aliphatic heterocycles. The van der Waals surface area contributed by atoms with E-state index in [2.05, 4.69) is 5.32 Å². The van der Waals surface area contributed by atoms with Gasteiger partial charge in [0.25, 0.3) is 0 Å². The quantitative estimate of drug-likeness (QED) is 0.848. The molecule has 0 aliphatic carbocycles. The number of carbonyl (C=O) groups is 2. The first-order chi connectivity index (χ1) is 12.2. The molecule has 1 atom stereocenters. The van der Waals surface area contributed by atoms with Crippen LogP contribution in [0.2, 0.25) is 0 Å². The number of hydrogen-bond donors (Lipinski definition) is 1. The summed E-state index contributed by atoms with van der Waals surface area (Å²) in [6.07, 6.45) is 2.29. The topological polar surface area (TPSA) is 86.8 Å². The van der Waals surface area contributed by atoms with Crippen LogP contribution in [-0.4, -0.2) is 61.9 Å². The molecule has 26 heavy (non-hydrogen) atoms. The zero-order valence-corrected chi connectivity index (χ0v) is 15.6. The number of anilines is 1. The Bertz CT molecular complexity index is 834. The maximum Gasteiger partial charge on any atom is 0.230 e. The average Bonchev–Trinajstić information content (AvgIpc) is 2.58. The summed E-state index contributed by atoms with van der Waals surface area (Å²) in [5, 5.41) is 2.60. The van der Waals surface area contributed by atoms with Crippen molar-refractivity contribution < 1.29 is 22.4 Å². The van der Waals surface area contributed by atoms with E-state index in [4.69, 9.17) is 0 Å². The molecule has 1 fully saturated rings. The van der Waals surface area contributed by atoms with Gasteiger partial charge in [-0.15, -0.1) is 0 Å². The lowest BCUT2D eigenvalue weighted by Gasteiger charge is -2.38. The Morgan fingerprint density at radius 2 is 1.96 bits per heavy atom. The lowest BCUT2D eigenvalue weighted by atomic mass is 9.88. The highest BCUT2D eigenvalue weighted by atomic mass is 32.2. The van der Waals surface area contributed by atoms with Gasteiger partial charge >= 0.3 is 0 Å². The summed E-state index contributed by atoms with van der Waals surface area (Å²) in [5.74, 6) is -1.59. The summed E-state index contributed by atoms with van der Waals surface area (Å²) < 4.78 is 38.1. The molecule has 1 aromatic carbocycles. The van der Waals surface area contributed by atoms with Gasteiger partial charge in [-0.3, -0.25) is 9.59 Å². The van der Waals surface area contributed by atoms with Crippen LogP contribution in [0.5, 0.6) is 0 Å². The molecular formula is C17H22FN3O4S. The van der Waals surface area contributed by atoms with Crippen LogP contribution in [0, 0.1) is 5.82 Å². The zero-order chi connectivity index (χ0) is 19.1. The molecule has 0 saturated carbocycles. The van der Waals surface area contributed by atoms with Crippen molar-refractivity contribution >= 4 is 27.5 Å². The second-order valence-electron chi connectivity index (χ2n) is 6.87. The molecule has 1 saturated heterocycles. The molecule has 2 amide bonds. The third-order valence-corrected chi connectivity index (χ3v) is 6.51. The molecule has 0 radical (unpaired) electrons. The minimum absolute atomic E-state index is 0.0284. The number of rotatable bonds is 3. The van der Waals surface area contributed by atoms with E-state index in [9.17, 15) is 22.4 Å². The standard InChI is InChI=1S/C17H22FN3O4S/c1-20(26(2,24)25)12-5-7-21(8-6-12)17(23)14-10-16(22)19-15-9-11(18)3-4-13(14)15/h3-4,9,12,14H,5-8,10H2,1-2H3,(H,19,22). The minimum atomic E-state index is -3.27. The molecule has 1 N–H and O–H groups in total. The van der Waals surface area contributed by atoms with Crippen molar-refractivity contribution in [1.82, 2.24) is 9.21 Å². The Hall–Kier alpha value is -2.00. The Labute approximate surface area is 152 Å². The van der Waals surface area contributed by atoms with E-state index in [0.717, 1.165) is 0 Å². The van der Waals surface area contributed by atoms with Crippen LogP contribution in [0.25, 0.3) is 0 Å². The second kappa shape index (κ2) is 6.96. The summed E-state index contributed by atoms with van der Waals surface area (Å²) in [6.45, 7) is 0.857. The summed E-state index contributed by atoms with van der Waals surface area (Å²) in [6, 6.07) is 3.91. The molecule has 2 heterocycles. The Kier molecular flexibility index (Phi) is 5.03. The van der Waals surface area contributed by atoms with Gasteiger partial charge in [0.2, 0.25) is 21.8 Å². The van der Waals surface area contributed by atoms with Crippen LogP contribution in [0.15, 0.2) is 18.2 Å². The third-order valence-electron chi connectivity index (χ3n) is 5.17. The van der Waals surface area contributed by atoms with Crippen molar-refractivity contribution in [3.05, 3.63) is 29.6 Å². The minimum Gasteiger partial charge on any atom is -0.342 e. The van der Waals surface area contributed by atoms with Crippen LogP contribution in [-0.2, 0) is 19.6 Å². The molecule has 0 bridgehead atoms. The fraction of sp³-hybridized carbons (Fsp3) is 0.529. The third kappa shape index (κ3) is 3.73. The largest absolute Gasteiger partial charge is 0.342 e. The van der Waals surface area contributed by atoms with Crippen LogP contribution >= 0.6 is 0 Å². The smallest absolute Gasteiger partial charge is 0.230 e. The average molecular weight is 383 g/mol. The van der Waals surface area contributed by atoms with Crippen molar-refractivity contribution in [1.29, 1.82) is 0 Å². The highest BCUT2D eigenvalue weighted by Crippen LogP contribution is 2.34. The summed E-state index contributed by atoms with van der Waals surface area (Å²) in [7, 11) is -1.72. The molecule has 0 spiro atoms. The number of nitrogens with one attached hydrogen (secondary N) is 1. The molecule has 9 heteroatoms. The van der Waals surface area contributed by atoms with Gasteiger partial charge in [-0.25, -0.2) is 17.1 Å². The number of piperidine rings is 1. The Balaban J connectivity index is 1.73. The maximum absolute atomic E-state index is 13.4. The van der Waals surface area contributed by atoms with E-state index in [1.54, 1.807) is 11.9 Å². The van der Waals surface area contributed by atoms with E-state index in [1.165, 1.54) is 28.8 Å². The van der Waals surface area contributed by atoms with Gasteiger partial charge in [0.15, 0.2) is 0 Å². The van der Waals surface area contributed by atoms with Gasteiger partial charge in [0.05, 0.1) is 12.2 Å². The normalized spacial score (nSPS) is 21.5. The molecule has 0 aromatic heterocycles. The van der Waals surface area contributed by atoms with Gasteiger partial charge in [0, 0.05) is 38.3 Å². The number of sulfonamides is 1. The first kappa shape index (κ1) is 18.8. The number of carbonyl (C=O) groups excluding carboxylic acids is 2. The zero-order valence-electron chi connectivity index (χ0n) is 14.7. The van der Waals surface area contributed by atoms with E-state index < -0.39 is 21.8 Å². The van der Waals surface area contributed by atoms with Crippen molar-refractivity contribution in [2.75, 3.05) is 31.7 Å². The molecule has 1 aromatic rings. The van der Waals surface area contributed by atoms with E-state index >= 15 is 0 Å². The number of amides is 2. The molecule has 7 nitrogen and oxygen atoms in total. The monoisotopic (exact) mass is 383 g/mol. The number of likely N-dealkylation sites (tertiary alicyclic amines) is 1. The Morgan fingerprint density at radius 3 is 2.58 bits per heavy atom. The lowest BCUT2D eigenvalue weighted by molar-refractivity contribution is -0.136. The number of fused-ring (bicyclic) bond motifs is 1. The van der Waals surface area contributed by atoms with Crippen molar-refractivity contribution in [3.8, 4) is 0 Å². The van der Waals surface area contributed by atoms with Gasteiger partial charge in [-0.05, 0) is 30.5 Å². The van der Waals surface area contributed by atoms with E-state index in [0.29, 0.717) is 37.2 Å². The van der Waals surface area contributed by atoms with Crippen molar-refractivity contribution in [2.45, 2.75) is 31.2 Å². The SMILES string of the molecule is CN(C1CCN(C(=O)C2CC(=O)Nc3cc(F)ccc32)CC1)S(C)(=O)=O. The van der Waals surface area contributed by atoms with Gasteiger partial charge < -0.3 is 10.2 Å².